The molecule has 2 atom stereocenters. The van der Waals surface area contributed by atoms with E-state index in [0.717, 1.165) is 44.6 Å². The van der Waals surface area contributed by atoms with E-state index in [-0.39, 0.29) is 24.0 Å². The van der Waals surface area contributed by atoms with Crippen LogP contribution in [0.5, 0.6) is 0 Å². The van der Waals surface area contributed by atoms with Crippen LogP contribution < -0.4 is 10.6 Å². The Morgan fingerprint density at radius 2 is 2.18 bits per heavy atom. The molecule has 132 valence electrons. The first-order valence-electron chi connectivity index (χ1n) is 8.43. The first-order valence-corrected chi connectivity index (χ1v) is 8.43. The molecule has 2 unspecified atom stereocenters. The van der Waals surface area contributed by atoms with Gasteiger partial charge in [-0.25, -0.2) is 0 Å². The van der Waals surface area contributed by atoms with Crippen LogP contribution in [0.15, 0.2) is 4.99 Å². The Kier molecular flexibility index (Phi) is 13.3. The SMILES string of the molecule is CCOCCCNC(=NC)NCC(C)N1CCCC(C)C1.I. The van der Waals surface area contributed by atoms with Crippen molar-refractivity contribution in [1.29, 1.82) is 0 Å². The Bertz CT molecular complexity index is 302. The van der Waals surface area contributed by atoms with Crippen molar-refractivity contribution in [3.63, 3.8) is 0 Å². The van der Waals surface area contributed by atoms with Gasteiger partial charge in [0.15, 0.2) is 5.96 Å². The number of hydrogen-bond donors (Lipinski definition) is 2. The van der Waals surface area contributed by atoms with Crippen LogP contribution >= 0.6 is 24.0 Å². The van der Waals surface area contributed by atoms with E-state index in [1.807, 2.05) is 14.0 Å². The van der Waals surface area contributed by atoms with E-state index >= 15 is 0 Å². The molecule has 1 heterocycles. The maximum atomic E-state index is 5.33. The average Bonchev–Trinajstić information content (AvgIpc) is 2.49. The maximum absolute atomic E-state index is 5.33. The van der Waals surface area contributed by atoms with Gasteiger partial charge in [0, 0.05) is 45.9 Å². The second-order valence-corrected chi connectivity index (χ2v) is 6.02. The molecular formula is C16H35IN4O. The highest BCUT2D eigenvalue weighted by molar-refractivity contribution is 14.0. The summed E-state index contributed by atoms with van der Waals surface area (Å²) in [6.45, 7) is 12.6. The Morgan fingerprint density at radius 1 is 1.41 bits per heavy atom. The van der Waals surface area contributed by atoms with Crippen molar-refractivity contribution in [3.05, 3.63) is 0 Å². The van der Waals surface area contributed by atoms with Gasteiger partial charge in [-0.05, 0) is 45.6 Å². The minimum Gasteiger partial charge on any atom is -0.382 e. The summed E-state index contributed by atoms with van der Waals surface area (Å²) in [4.78, 5) is 6.86. The molecule has 1 saturated heterocycles. The normalized spacial score (nSPS) is 21.1. The lowest BCUT2D eigenvalue weighted by atomic mass is 9.99. The van der Waals surface area contributed by atoms with E-state index in [9.17, 15) is 0 Å². The van der Waals surface area contributed by atoms with Gasteiger partial charge >= 0.3 is 0 Å². The number of nitrogens with one attached hydrogen (secondary N) is 2. The van der Waals surface area contributed by atoms with Crippen LogP contribution in [0.3, 0.4) is 0 Å². The molecule has 1 rings (SSSR count). The predicted octanol–water partition coefficient (Wildman–Crippen LogP) is 2.32. The minimum atomic E-state index is 0. The molecule has 0 aliphatic carbocycles. The molecule has 6 heteroatoms. The van der Waals surface area contributed by atoms with Crippen molar-refractivity contribution in [2.75, 3.05) is 46.4 Å². The second kappa shape index (κ2) is 13.4. The quantitative estimate of drug-likeness (QED) is 0.271. The molecule has 22 heavy (non-hydrogen) atoms. The minimum absolute atomic E-state index is 0. The standard InChI is InChI=1S/C16H34N4O.HI/c1-5-21-11-7-9-18-16(17-4)19-12-15(3)20-10-6-8-14(2)13-20;/h14-15H,5-13H2,1-4H3,(H2,17,18,19);1H. The number of aliphatic imine (C=N–C) groups is 1. The average molecular weight is 426 g/mol. The van der Waals surface area contributed by atoms with Gasteiger partial charge in [-0.2, -0.15) is 0 Å². The van der Waals surface area contributed by atoms with Gasteiger partial charge in [0.05, 0.1) is 0 Å². The van der Waals surface area contributed by atoms with Crippen molar-refractivity contribution in [2.24, 2.45) is 10.9 Å². The third kappa shape index (κ3) is 9.15. The number of halogens is 1. The molecule has 5 nitrogen and oxygen atoms in total. The molecule has 1 aliphatic rings. The zero-order valence-electron chi connectivity index (χ0n) is 14.7. The number of guanidine groups is 1. The molecular weight excluding hydrogens is 391 g/mol. The summed E-state index contributed by atoms with van der Waals surface area (Å²) in [5, 5.41) is 6.76. The lowest BCUT2D eigenvalue weighted by Gasteiger charge is -2.35. The Hall–Kier alpha value is -0.0800. The smallest absolute Gasteiger partial charge is 0.191 e. The van der Waals surface area contributed by atoms with E-state index in [1.54, 1.807) is 0 Å². The van der Waals surface area contributed by atoms with Crippen LogP contribution in [0.2, 0.25) is 0 Å². The highest BCUT2D eigenvalue weighted by atomic mass is 127. The van der Waals surface area contributed by atoms with Crippen molar-refractivity contribution >= 4 is 29.9 Å². The molecule has 0 bridgehead atoms. The van der Waals surface area contributed by atoms with E-state index in [4.69, 9.17) is 4.74 Å². The highest BCUT2D eigenvalue weighted by Crippen LogP contribution is 2.17. The lowest BCUT2D eigenvalue weighted by molar-refractivity contribution is 0.139. The predicted molar refractivity (Wildman–Crippen MR) is 105 cm³/mol. The van der Waals surface area contributed by atoms with Gasteiger partial charge < -0.3 is 15.4 Å². The molecule has 0 aromatic rings. The third-order valence-corrected chi connectivity index (χ3v) is 4.06. The van der Waals surface area contributed by atoms with Crippen LogP contribution in [-0.2, 0) is 4.74 Å². The summed E-state index contributed by atoms with van der Waals surface area (Å²) in [6.07, 6.45) is 3.71. The molecule has 2 N–H and O–H groups in total. The maximum Gasteiger partial charge on any atom is 0.191 e. The van der Waals surface area contributed by atoms with Crippen LogP contribution in [0.1, 0.15) is 40.0 Å². The van der Waals surface area contributed by atoms with Crippen molar-refractivity contribution in [3.8, 4) is 0 Å². The number of likely N-dealkylation sites (tertiary alicyclic amines) is 1. The number of ether oxygens (including phenoxy) is 1. The number of nitrogens with zero attached hydrogens (tertiary/aromatic N) is 2. The van der Waals surface area contributed by atoms with Crippen LogP contribution in [-0.4, -0.2) is 63.3 Å². The summed E-state index contributed by atoms with van der Waals surface area (Å²) in [5.41, 5.74) is 0. The summed E-state index contributed by atoms with van der Waals surface area (Å²) in [6, 6.07) is 0.551. The second-order valence-electron chi connectivity index (χ2n) is 6.02. The molecule has 0 saturated carbocycles. The third-order valence-electron chi connectivity index (χ3n) is 4.06. The molecule has 0 aromatic heterocycles. The molecule has 1 fully saturated rings. The topological polar surface area (TPSA) is 48.9 Å². The van der Waals surface area contributed by atoms with Gasteiger partial charge in [0.2, 0.25) is 0 Å². The van der Waals surface area contributed by atoms with Crippen LogP contribution in [0.25, 0.3) is 0 Å². The van der Waals surface area contributed by atoms with Gasteiger partial charge in [-0.3, -0.25) is 9.89 Å². The number of piperidine rings is 1. The molecule has 1 aliphatic heterocycles. The fraction of sp³-hybridized carbons (Fsp3) is 0.938. The van der Waals surface area contributed by atoms with Gasteiger partial charge in [0.1, 0.15) is 0 Å². The van der Waals surface area contributed by atoms with Crippen LogP contribution in [0, 0.1) is 5.92 Å². The lowest BCUT2D eigenvalue weighted by Crippen LogP contribution is -2.48. The van der Waals surface area contributed by atoms with Crippen molar-refractivity contribution < 1.29 is 4.74 Å². The zero-order valence-corrected chi connectivity index (χ0v) is 17.1. The van der Waals surface area contributed by atoms with Gasteiger partial charge in [-0.15, -0.1) is 24.0 Å². The Labute approximate surface area is 153 Å². The first-order chi connectivity index (χ1) is 10.2. The summed E-state index contributed by atoms with van der Waals surface area (Å²) >= 11 is 0. The molecule has 0 aromatic carbocycles. The number of hydrogen-bond acceptors (Lipinski definition) is 3. The highest BCUT2D eigenvalue weighted by Gasteiger charge is 2.20. The van der Waals surface area contributed by atoms with E-state index in [1.165, 1.54) is 25.9 Å². The van der Waals surface area contributed by atoms with Crippen molar-refractivity contribution in [2.45, 2.75) is 46.1 Å². The summed E-state index contributed by atoms with van der Waals surface area (Å²) in [7, 11) is 1.82. The van der Waals surface area contributed by atoms with E-state index in [2.05, 4.69) is 34.4 Å². The van der Waals surface area contributed by atoms with Gasteiger partial charge in [-0.1, -0.05) is 6.92 Å². The first kappa shape index (κ1) is 21.9. The number of rotatable bonds is 8. The molecule has 0 amide bonds. The van der Waals surface area contributed by atoms with Crippen molar-refractivity contribution in [1.82, 2.24) is 15.5 Å². The largest absolute Gasteiger partial charge is 0.382 e. The monoisotopic (exact) mass is 426 g/mol. The van der Waals surface area contributed by atoms with E-state index < -0.39 is 0 Å². The van der Waals surface area contributed by atoms with Crippen LogP contribution in [0.4, 0.5) is 0 Å². The molecule has 0 spiro atoms. The summed E-state index contributed by atoms with van der Waals surface area (Å²) < 4.78 is 5.33. The Balaban J connectivity index is 0.00000441. The molecule has 0 radical (unpaired) electrons. The summed E-state index contributed by atoms with van der Waals surface area (Å²) in [5.74, 6) is 1.72. The van der Waals surface area contributed by atoms with Gasteiger partial charge in [0.25, 0.3) is 0 Å². The Morgan fingerprint density at radius 3 is 2.82 bits per heavy atom. The zero-order chi connectivity index (χ0) is 15.5. The fourth-order valence-electron chi connectivity index (χ4n) is 2.75. The van der Waals surface area contributed by atoms with E-state index in [0.29, 0.717) is 6.04 Å². The fourth-order valence-corrected chi connectivity index (χ4v) is 2.75.